The van der Waals surface area contributed by atoms with Crippen LogP contribution in [0.1, 0.15) is 30.6 Å². The van der Waals surface area contributed by atoms with Crippen molar-refractivity contribution in [2.75, 3.05) is 11.4 Å². The van der Waals surface area contributed by atoms with Crippen molar-refractivity contribution in [2.45, 2.75) is 30.4 Å². The molecule has 0 saturated heterocycles. The van der Waals surface area contributed by atoms with Gasteiger partial charge in [-0.3, -0.25) is 9.59 Å². The van der Waals surface area contributed by atoms with Gasteiger partial charge in [-0.1, -0.05) is 12.1 Å². The van der Waals surface area contributed by atoms with Crippen molar-refractivity contribution >= 4 is 29.1 Å². The number of Topliss-reactive ketones (excluding diaryl/α,β-unsaturated/α-hetero) is 1. The van der Waals surface area contributed by atoms with Crippen LogP contribution in [0.5, 0.6) is 0 Å². The molecule has 1 heterocycles. The summed E-state index contributed by atoms with van der Waals surface area (Å²) in [5, 5.41) is -0.0829. The van der Waals surface area contributed by atoms with E-state index in [2.05, 4.69) is 6.58 Å². The molecule has 1 unspecified atom stereocenters. The van der Waals surface area contributed by atoms with Crippen LogP contribution in [-0.4, -0.2) is 23.5 Å². The highest BCUT2D eigenvalue weighted by Crippen LogP contribution is 2.39. The molecule has 1 aliphatic heterocycles. The lowest BCUT2D eigenvalue weighted by molar-refractivity contribution is -0.118. The molecule has 0 N–H and O–H groups in total. The third-order valence-electron chi connectivity index (χ3n) is 3.13. The fourth-order valence-corrected chi connectivity index (χ4v) is 3.12. The maximum absolute atomic E-state index is 12.3. The Labute approximate surface area is 117 Å². The number of nitrogens with zero attached hydrogens (tertiary/aromatic N) is 1. The molecular weight excluding hydrogens is 258 g/mol. The second-order valence-electron chi connectivity index (χ2n) is 4.57. The average Bonchev–Trinajstić information content (AvgIpc) is 2.39. The number of ketones is 1. The minimum absolute atomic E-state index is 0.0162. The van der Waals surface area contributed by atoms with Gasteiger partial charge in [0.2, 0.25) is 5.91 Å². The van der Waals surface area contributed by atoms with Crippen molar-refractivity contribution in [3.05, 3.63) is 36.4 Å². The van der Waals surface area contributed by atoms with E-state index >= 15 is 0 Å². The maximum Gasteiger partial charge on any atom is 0.240 e. The van der Waals surface area contributed by atoms with Gasteiger partial charge in [-0.15, -0.1) is 18.3 Å². The van der Waals surface area contributed by atoms with Crippen molar-refractivity contribution in [1.29, 1.82) is 0 Å². The van der Waals surface area contributed by atoms with E-state index < -0.39 is 0 Å². The first-order valence-electron chi connectivity index (χ1n) is 6.28. The van der Waals surface area contributed by atoms with Gasteiger partial charge in [-0.2, -0.15) is 0 Å². The minimum Gasteiger partial charge on any atom is -0.310 e. The van der Waals surface area contributed by atoms with Crippen LogP contribution >= 0.6 is 11.8 Å². The largest absolute Gasteiger partial charge is 0.310 e. The lowest BCUT2D eigenvalue weighted by atomic mass is 10.1. The second kappa shape index (κ2) is 5.61. The van der Waals surface area contributed by atoms with Crippen LogP contribution in [0, 0.1) is 0 Å². The number of carbonyl (C=O) groups excluding carboxylic acids is 2. The molecule has 0 aliphatic carbocycles. The number of carbonyl (C=O) groups is 2. The molecule has 3 nitrogen and oxygen atoms in total. The van der Waals surface area contributed by atoms with Gasteiger partial charge in [0, 0.05) is 17.0 Å². The molecule has 1 aromatic carbocycles. The summed E-state index contributed by atoms with van der Waals surface area (Å²) in [6, 6.07) is 5.57. The van der Waals surface area contributed by atoms with Crippen molar-refractivity contribution < 1.29 is 9.59 Å². The zero-order valence-corrected chi connectivity index (χ0v) is 12.0. The Morgan fingerprint density at radius 2 is 2.26 bits per heavy atom. The normalized spacial score (nSPS) is 18.1. The third kappa shape index (κ3) is 2.73. The summed E-state index contributed by atoms with van der Waals surface area (Å²) in [4.78, 5) is 26.6. The molecule has 1 aromatic rings. The maximum atomic E-state index is 12.3. The number of anilines is 1. The first-order chi connectivity index (χ1) is 9.04. The van der Waals surface area contributed by atoms with Gasteiger partial charge in [0.15, 0.2) is 5.78 Å². The van der Waals surface area contributed by atoms with Gasteiger partial charge in [-0.25, -0.2) is 0 Å². The molecule has 0 saturated carbocycles. The Bertz CT molecular complexity index is 539. The van der Waals surface area contributed by atoms with Crippen LogP contribution < -0.4 is 4.90 Å². The molecule has 19 heavy (non-hydrogen) atoms. The van der Waals surface area contributed by atoms with E-state index in [1.807, 2.05) is 25.1 Å². The Hall–Kier alpha value is -1.55. The Morgan fingerprint density at radius 1 is 1.53 bits per heavy atom. The summed E-state index contributed by atoms with van der Waals surface area (Å²) in [6.07, 6.45) is 2.54. The van der Waals surface area contributed by atoms with Gasteiger partial charge in [0.1, 0.15) is 0 Å². The van der Waals surface area contributed by atoms with E-state index in [0.29, 0.717) is 12.1 Å². The van der Waals surface area contributed by atoms with Crippen LogP contribution in [0.2, 0.25) is 0 Å². The van der Waals surface area contributed by atoms with Crippen molar-refractivity contribution in [3.63, 3.8) is 0 Å². The molecular formula is C15H17NO2S. The predicted octanol–water partition coefficient (Wildman–Crippen LogP) is 3.29. The molecule has 1 atom stereocenters. The quantitative estimate of drug-likeness (QED) is 0.625. The van der Waals surface area contributed by atoms with Gasteiger partial charge < -0.3 is 4.90 Å². The number of thioether (sulfide) groups is 1. The lowest BCUT2D eigenvalue weighted by Crippen LogP contribution is -2.40. The molecule has 2 rings (SSSR count). The Kier molecular flexibility index (Phi) is 4.10. The van der Waals surface area contributed by atoms with Crippen LogP contribution in [0.15, 0.2) is 35.7 Å². The summed E-state index contributed by atoms with van der Waals surface area (Å²) >= 11 is 1.55. The molecule has 0 fully saturated rings. The van der Waals surface area contributed by atoms with Crippen LogP contribution in [-0.2, 0) is 4.79 Å². The fraction of sp³-hybridized carbons (Fsp3) is 0.333. The van der Waals surface area contributed by atoms with E-state index in [4.69, 9.17) is 0 Å². The predicted molar refractivity (Wildman–Crippen MR) is 78.9 cm³/mol. The van der Waals surface area contributed by atoms with Crippen molar-refractivity contribution in [1.82, 2.24) is 0 Å². The summed E-state index contributed by atoms with van der Waals surface area (Å²) < 4.78 is 0. The van der Waals surface area contributed by atoms with Crippen LogP contribution in [0.25, 0.3) is 0 Å². The topological polar surface area (TPSA) is 37.4 Å². The number of hydrogen-bond acceptors (Lipinski definition) is 3. The van der Waals surface area contributed by atoms with Crippen molar-refractivity contribution in [2.24, 2.45) is 0 Å². The minimum atomic E-state index is -0.0829. The zero-order valence-electron chi connectivity index (χ0n) is 11.2. The summed E-state index contributed by atoms with van der Waals surface area (Å²) in [6.45, 7) is 7.76. The summed E-state index contributed by atoms with van der Waals surface area (Å²) in [5.41, 5.74) is 1.49. The monoisotopic (exact) mass is 275 g/mol. The summed E-state index contributed by atoms with van der Waals surface area (Å²) in [5.74, 6) is 0.114. The second-order valence-corrected chi connectivity index (χ2v) is 5.95. The van der Waals surface area contributed by atoms with Gasteiger partial charge in [-0.05, 0) is 32.4 Å². The van der Waals surface area contributed by atoms with Crippen LogP contribution in [0.4, 0.5) is 5.69 Å². The number of rotatable bonds is 4. The van der Waals surface area contributed by atoms with Gasteiger partial charge in [0.05, 0.1) is 10.9 Å². The number of benzene rings is 1. The number of hydrogen-bond donors (Lipinski definition) is 0. The van der Waals surface area contributed by atoms with E-state index in [-0.39, 0.29) is 16.9 Å². The first-order valence-corrected chi connectivity index (χ1v) is 7.16. The Morgan fingerprint density at radius 3 is 2.89 bits per heavy atom. The van der Waals surface area contributed by atoms with E-state index in [9.17, 15) is 9.59 Å². The van der Waals surface area contributed by atoms with E-state index in [0.717, 1.165) is 17.0 Å². The highest BCUT2D eigenvalue weighted by molar-refractivity contribution is 8.00. The molecule has 100 valence electrons. The molecule has 0 spiro atoms. The standard InChI is InChI=1S/C15H17NO2S/c1-4-5-8-16-13-9-12(10(2)17)6-7-14(13)19-11(3)15(16)18/h4,6-7,9,11H,1,5,8H2,2-3H3. The van der Waals surface area contributed by atoms with Crippen molar-refractivity contribution in [3.8, 4) is 0 Å². The number of amides is 1. The SMILES string of the molecule is C=CCCN1C(=O)C(C)Sc2ccc(C(C)=O)cc21. The zero-order chi connectivity index (χ0) is 14.0. The third-order valence-corrected chi connectivity index (χ3v) is 4.28. The smallest absolute Gasteiger partial charge is 0.240 e. The highest BCUT2D eigenvalue weighted by Gasteiger charge is 2.30. The summed E-state index contributed by atoms with van der Waals surface area (Å²) in [7, 11) is 0. The Balaban J connectivity index is 2.44. The first kappa shape index (κ1) is 13.9. The van der Waals surface area contributed by atoms with E-state index in [1.165, 1.54) is 6.92 Å². The fourth-order valence-electron chi connectivity index (χ4n) is 2.08. The molecule has 1 amide bonds. The highest BCUT2D eigenvalue weighted by atomic mass is 32.2. The molecule has 1 aliphatic rings. The molecule has 4 heteroatoms. The molecule has 0 aromatic heterocycles. The lowest BCUT2D eigenvalue weighted by Gasteiger charge is -2.32. The average molecular weight is 275 g/mol. The molecule has 0 radical (unpaired) electrons. The van der Waals surface area contributed by atoms with Gasteiger partial charge in [0.25, 0.3) is 0 Å². The number of fused-ring (bicyclic) bond motifs is 1. The van der Waals surface area contributed by atoms with E-state index in [1.54, 1.807) is 22.7 Å². The molecule has 0 bridgehead atoms. The van der Waals surface area contributed by atoms with Gasteiger partial charge >= 0.3 is 0 Å². The van der Waals surface area contributed by atoms with Crippen LogP contribution in [0.3, 0.4) is 0 Å².